The van der Waals surface area contributed by atoms with Gasteiger partial charge in [-0.1, -0.05) is 24.2 Å². The van der Waals surface area contributed by atoms with E-state index in [1.54, 1.807) is 6.92 Å². The van der Waals surface area contributed by atoms with Crippen LogP contribution in [0.1, 0.15) is 28.7 Å². The molecule has 3 aromatic rings. The van der Waals surface area contributed by atoms with Crippen LogP contribution in [0.4, 0.5) is 6.01 Å². The molecule has 1 amide bonds. The molecule has 1 N–H and O–H groups in total. The van der Waals surface area contributed by atoms with Gasteiger partial charge in [0.15, 0.2) is 21.3 Å². The van der Waals surface area contributed by atoms with Gasteiger partial charge in [0.1, 0.15) is 13.2 Å². The van der Waals surface area contributed by atoms with Gasteiger partial charge in [0, 0.05) is 5.56 Å². The molecule has 0 unspecified atom stereocenters. The fourth-order valence-electron chi connectivity index (χ4n) is 2.91. The number of amides is 1. The second kappa shape index (κ2) is 8.15. The van der Waals surface area contributed by atoms with Gasteiger partial charge in [-0.3, -0.25) is 10.1 Å². The van der Waals surface area contributed by atoms with Crippen molar-refractivity contribution in [3.05, 3.63) is 59.5 Å². The Morgan fingerprint density at radius 1 is 1.07 bits per heavy atom. The van der Waals surface area contributed by atoms with Crippen molar-refractivity contribution in [1.29, 1.82) is 0 Å². The first-order chi connectivity index (χ1) is 14.4. The smallest absolute Gasteiger partial charge is 0.322 e. The van der Waals surface area contributed by atoms with Gasteiger partial charge in [-0.2, -0.15) is 0 Å². The SMILES string of the molecule is CCS(=O)(=O)c1cccc(C(=O)Nc2nnc(Cc3ccc4c(c3)OCCO4)o2)c1. The van der Waals surface area contributed by atoms with Crippen LogP contribution in [0, 0.1) is 0 Å². The zero-order chi connectivity index (χ0) is 21.1. The average Bonchev–Trinajstić information content (AvgIpc) is 3.20. The second-order valence-corrected chi connectivity index (χ2v) is 8.82. The molecule has 1 aliphatic rings. The van der Waals surface area contributed by atoms with E-state index in [2.05, 4.69) is 15.5 Å². The number of hydrogen-bond donors (Lipinski definition) is 1. The molecule has 0 bridgehead atoms. The van der Waals surface area contributed by atoms with E-state index >= 15 is 0 Å². The molecule has 2 aromatic carbocycles. The summed E-state index contributed by atoms with van der Waals surface area (Å²) in [6.07, 6.45) is 0.351. The summed E-state index contributed by atoms with van der Waals surface area (Å²) in [5.41, 5.74) is 1.06. The molecule has 30 heavy (non-hydrogen) atoms. The molecule has 0 saturated heterocycles. The highest BCUT2D eigenvalue weighted by Crippen LogP contribution is 2.31. The summed E-state index contributed by atoms with van der Waals surface area (Å²) in [6.45, 7) is 2.56. The molecule has 0 aliphatic carbocycles. The van der Waals surface area contributed by atoms with Crippen molar-refractivity contribution in [1.82, 2.24) is 10.2 Å². The third-order valence-electron chi connectivity index (χ3n) is 4.48. The minimum Gasteiger partial charge on any atom is -0.486 e. The van der Waals surface area contributed by atoms with Crippen molar-refractivity contribution < 1.29 is 27.1 Å². The predicted octanol–water partition coefficient (Wildman–Crippen LogP) is 2.48. The van der Waals surface area contributed by atoms with Crippen LogP contribution < -0.4 is 14.8 Å². The summed E-state index contributed by atoms with van der Waals surface area (Å²) in [6, 6.07) is 11.3. The lowest BCUT2D eigenvalue weighted by Gasteiger charge is -2.18. The number of fused-ring (bicyclic) bond motifs is 1. The maximum absolute atomic E-state index is 12.4. The number of sulfone groups is 1. The second-order valence-electron chi connectivity index (χ2n) is 6.54. The van der Waals surface area contributed by atoms with Gasteiger partial charge in [-0.05, 0) is 35.9 Å². The number of carbonyl (C=O) groups is 1. The Morgan fingerprint density at radius 2 is 1.87 bits per heavy atom. The van der Waals surface area contributed by atoms with E-state index in [4.69, 9.17) is 13.9 Å². The fourth-order valence-corrected chi connectivity index (χ4v) is 3.84. The summed E-state index contributed by atoms with van der Waals surface area (Å²) in [5, 5.41) is 10.3. The third kappa shape index (κ3) is 4.28. The molecule has 9 nitrogen and oxygen atoms in total. The normalized spacial score (nSPS) is 13.1. The van der Waals surface area contributed by atoms with Gasteiger partial charge in [0.2, 0.25) is 5.89 Å². The van der Waals surface area contributed by atoms with Crippen LogP contribution in [-0.2, 0) is 16.3 Å². The fraction of sp³-hybridized carbons (Fsp3) is 0.250. The molecular weight excluding hydrogens is 410 g/mol. The van der Waals surface area contributed by atoms with Gasteiger partial charge >= 0.3 is 6.01 Å². The monoisotopic (exact) mass is 429 g/mol. The highest BCUT2D eigenvalue weighted by atomic mass is 32.2. The summed E-state index contributed by atoms with van der Waals surface area (Å²) in [7, 11) is -3.41. The van der Waals surface area contributed by atoms with Crippen LogP contribution in [0.3, 0.4) is 0 Å². The number of anilines is 1. The van der Waals surface area contributed by atoms with Crippen LogP contribution >= 0.6 is 0 Å². The molecule has 1 aliphatic heterocycles. The lowest BCUT2D eigenvalue weighted by Crippen LogP contribution is -2.15. The molecule has 0 saturated carbocycles. The first-order valence-corrected chi connectivity index (χ1v) is 10.9. The summed E-state index contributed by atoms with van der Waals surface area (Å²) in [5.74, 6) is 1.07. The zero-order valence-electron chi connectivity index (χ0n) is 16.1. The Labute approximate surface area is 172 Å². The van der Waals surface area contributed by atoms with Crippen molar-refractivity contribution >= 4 is 21.8 Å². The van der Waals surface area contributed by atoms with E-state index in [9.17, 15) is 13.2 Å². The molecule has 0 atom stereocenters. The quantitative estimate of drug-likeness (QED) is 0.634. The Balaban J connectivity index is 1.45. The number of nitrogens with one attached hydrogen (secondary N) is 1. The van der Waals surface area contributed by atoms with E-state index in [1.165, 1.54) is 24.3 Å². The number of rotatable bonds is 6. The topological polar surface area (TPSA) is 121 Å². The van der Waals surface area contributed by atoms with Crippen molar-refractivity contribution in [3.8, 4) is 11.5 Å². The molecular formula is C20H19N3O6S. The van der Waals surface area contributed by atoms with Crippen molar-refractivity contribution in [2.45, 2.75) is 18.2 Å². The van der Waals surface area contributed by atoms with Gasteiger partial charge in [-0.15, -0.1) is 5.10 Å². The Morgan fingerprint density at radius 3 is 2.67 bits per heavy atom. The summed E-state index contributed by atoms with van der Waals surface area (Å²) >= 11 is 0. The number of carbonyl (C=O) groups excluding carboxylic acids is 1. The van der Waals surface area contributed by atoms with E-state index in [0.29, 0.717) is 37.0 Å². The maximum atomic E-state index is 12.4. The van der Waals surface area contributed by atoms with E-state index < -0.39 is 15.7 Å². The van der Waals surface area contributed by atoms with Crippen molar-refractivity contribution in [3.63, 3.8) is 0 Å². The minimum absolute atomic E-state index is 0.0506. The number of ether oxygens (including phenoxy) is 2. The molecule has 2 heterocycles. The van der Waals surface area contributed by atoms with E-state index in [-0.39, 0.29) is 22.2 Å². The molecule has 1 aromatic heterocycles. The zero-order valence-corrected chi connectivity index (χ0v) is 16.9. The van der Waals surface area contributed by atoms with Gasteiger partial charge in [-0.25, -0.2) is 8.42 Å². The Hall–Kier alpha value is -3.40. The van der Waals surface area contributed by atoms with Crippen LogP contribution in [0.2, 0.25) is 0 Å². The minimum atomic E-state index is -3.41. The Bertz CT molecular complexity index is 1190. The van der Waals surface area contributed by atoms with Crippen LogP contribution in [-0.4, -0.2) is 43.5 Å². The first-order valence-electron chi connectivity index (χ1n) is 9.29. The van der Waals surface area contributed by atoms with Crippen molar-refractivity contribution in [2.24, 2.45) is 0 Å². The highest BCUT2D eigenvalue weighted by molar-refractivity contribution is 7.91. The molecule has 0 spiro atoms. The van der Waals surface area contributed by atoms with Crippen molar-refractivity contribution in [2.75, 3.05) is 24.3 Å². The summed E-state index contributed by atoms with van der Waals surface area (Å²) in [4.78, 5) is 12.5. The number of benzene rings is 2. The average molecular weight is 429 g/mol. The summed E-state index contributed by atoms with van der Waals surface area (Å²) < 4.78 is 40.6. The molecule has 10 heteroatoms. The highest BCUT2D eigenvalue weighted by Gasteiger charge is 2.17. The molecule has 4 rings (SSSR count). The lowest BCUT2D eigenvalue weighted by atomic mass is 10.1. The first kappa shape index (κ1) is 19.9. The van der Waals surface area contributed by atoms with Crippen LogP contribution in [0.25, 0.3) is 0 Å². The molecule has 0 fully saturated rings. The van der Waals surface area contributed by atoms with E-state index in [1.807, 2.05) is 18.2 Å². The number of aromatic nitrogens is 2. The standard InChI is InChI=1S/C20H19N3O6S/c1-2-30(25,26)15-5-3-4-14(12-15)19(24)21-20-23-22-18(29-20)11-13-6-7-16-17(10-13)28-9-8-27-16/h3-7,10,12H,2,8-9,11H2,1H3,(H,21,23,24). The largest absolute Gasteiger partial charge is 0.486 e. The molecule has 156 valence electrons. The lowest BCUT2D eigenvalue weighted by molar-refractivity contribution is 0.102. The van der Waals surface area contributed by atoms with Gasteiger partial charge in [0.25, 0.3) is 5.91 Å². The van der Waals surface area contributed by atoms with Crippen LogP contribution in [0.15, 0.2) is 51.8 Å². The molecule has 0 radical (unpaired) electrons. The van der Waals surface area contributed by atoms with Gasteiger partial charge < -0.3 is 13.9 Å². The van der Waals surface area contributed by atoms with Crippen LogP contribution in [0.5, 0.6) is 11.5 Å². The Kier molecular flexibility index (Phi) is 5.40. The maximum Gasteiger partial charge on any atom is 0.322 e. The number of nitrogens with zero attached hydrogens (tertiary/aromatic N) is 2. The predicted molar refractivity (Wildman–Crippen MR) is 107 cm³/mol. The van der Waals surface area contributed by atoms with Gasteiger partial charge in [0.05, 0.1) is 17.1 Å². The third-order valence-corrected chi connectivity index (χ3v) is 6.22. The number of hydrogen-bond acceptors (Lipinski definition) is 8. The van der Waals surface area contributed by atoms with E-state index in [0.717, 1.165) is 5.56 Å².